The molecule has 0 saturated heterocycles. The van der Waals surface area contributed by atoms with E-state index in [-0.39, 0.29) is 11.7 Å². The number of amides is 1. The summed E-state index contributed by atoms with van der Waals surface area (Å²) in [6, 6.07) is 15.4. The average molecular weight is 363 g/mol. The summed E-state index contributed by atoms with van der Waals surface area (Å²) in [5.74, 6) is 0.467. The molecular formula is C21H18FN3O2. The molecule has 1 atom stereocenters. The number of nitrogens with one attached hydrogen (secondary N) is 1. The molecule has 0 spiro atoms. The second-order valence-electron chi connectivity index (χ2n) is 6.28. The molecular weight excluding hydrogens is 345 g/mol. The standard InChI is InChI=1S/C21H18FN3O2/c22-16-8-6-15(7-9-16)19(12-18-5-3-11-27-18)21(26)24-14-20-23-13-17-4-1-2-10-25(17)20/h1-11,13,19H,12,14H2,(H,24,26). The van der Waals surface area contributed by atoms with E-state index in [0.717, 1.165) is 16.9 Å². The molecule has 27 heavy (non-hydrogen) atoms. The maximum atomic E-state index is 13.3. The van der Waals surface area contributed by atoms with Gasteiger partial charge in [-0.25, -0.2) is 9.37 Å². The van der Waals surface area contributed by atoms with E-state index >= 15 is 0 Å². The molecule has 4 aromatic rings. The van der Waals surface area contributed by atoms with Gasteiger partial charge in [0.05, 0.1) is 30.4 Å². The summed E-state index contributed by atoms with van der Waals surface area (Å²) in [4.78, 5) is 17.3. The molecule has 1 unspecified atom stereocenters. The van der Waals surface area contributed by atoms with Crippen molar-refractivity contribution in [1.82, 2.24) is 14.7 Å². The van der Waals surface area contributed by atoms with Gasteiger partial charge in [0.2, 0.25) is 5.91 Å². The van der Waals surface area contributed by atoms with Gasteiger partial charge < -0.3 is 14.1 Å². The Kier molecular flexibility index (Phi) is 4.70. The highest BCUT2D eigenvalue weighted by Gasteiger charge is 2.22. The van der Waals surface area contributed by atoms with Gasteiger partial charge in [-0.3, -0.25) is 4.79 Å². The van der Waals surface area contributed by atoms with E-state index in [2.05, 4.69) is 10.3 Å². The Balaban J connectivity index is 1.53. The summed E-state index contributed by atoms with van der Waals surface area (Å²) in [6.45, 7) is 0.298. The van der Waals surface area contributed by atoms with Crippen molar-refractivity contribution in [3.05, 3.63) is 96.2 Å². The topological polar surface area (TPSA) is 59.5 Å². The number of furan rings is 1. The largest absolute Gasteiger partial charge is 0.469 e. The van der Waals surface area contributed by atoms with Crippen molar-refractivity contribution in [1.29, 1.82) is 0 Å². The SMILES string of the molecule is O=C(NCc1ncc2ccccn12)C(Cc1ccco1)c1ccc(F)cc1. The molecule has 0 aliphatic rings. The second-order valence-corrected chi connectivity index (χ2v) is 6.28. The van der Waals surface area contributed by atoms with Gasteiger partial charge in [0.15, 0.2) is 0 Å². The Morgan fingerprint density at radius 3 is 2.78 bits per heavy atom. The van der Waals surface area contributed by atoms with Gasteiger partial charge in [-0.1, -0.05) is 18.2 Å². The zero-order valence-corrected chi connectivity index (χ0v) is 14.5. The molecule has 5 nitrogen and oxygen atoms in total. The van der Waals surface area contributed by atoms with Crippen molar-refractivity contribution in [3.63, 3.8) is 0 Å². The van der Waals surface area contributed by atoms with E-state index in [9.17, 15) is 9.18 Å². The van der Waals surface area contributed by atoms with Gasteiger partial charge in [0.25, 0.3) is 0 Å². The predicted octanol–water partition coefficient (Wildman–Crippen LogP) is 3.71. The fourth-order valence-corrected chi connectivity index (χ4v) is 3.11. The van der Waals surface area contributed by atoms with Crippen LogP contribution in [0.15, 0.2) is 77.7 Å². The monoisotopic (exact) mass is 363 g/mol. The normalized spacial score (nSPS) is 12.2. The fraction of sp³-hybridized carbons (Fsp3) is 0.143. The number of rotatable bonds is 6. The minimum absolute atomic E-state index is 0.161. The highest BCUT2D eigenvalue weighted by molar-refractivity contribution is 5.83. The Hall–Kier alpha value is -3.41. The summed E-state index contributed by atoms with van der Waals surface area (Å²) in [5.41, 5.74) is 1.70. The molecule has 0 aliphatic carbocycles. The molecule has 1 N–H and O–H groups in total. The Bertz CT molecular complexity index is 1040. The van der Waals surface area contributed by atoms with Crippen LogP contribution in [0.5, 0.6) is 0 Å². The van der Waals surface area contributed by atoms with Crippen LogP contribution in [0.25, 0.3) is 5.52 Å². The van der Waals surface area contributed by atoms with Gasteiger partial charge >= 0.3 is 0 Å². The van der Waals surface area contributed by atoms with E-state index in [0.29, 0.717) is 18.7 Å². The van der Waals surface area contributed by atoms with Crippen LogP contribution in [0.4, 0.5) is 4.39 Å². The third-order valence-corrected chi connectivity index (χ3v) is 4.51. The molecule has 0 radical (unpaired) electrons. The van der Waals surface area contributed by atoms with Crippen molar-refractivity contribution in [2.24, 2.45) is 0 Å². The number of halogens is 1. The number of fused-ring (bicyclic) bond motifs is 1. The van der Waals surface area contributed by atoms with Gasteiger partial charge in [0, 0.05) is 12.6 Å². The smallest absolute Gasteiger partial charge is 0.228 e. The van der Waals surface area contributed by atoms with Crippen molar-refractivity contribution in [2.45, 2.75) is 18.9 Å². The van der Waals surface area contributed by atoms with Gasteiger partial charge in [0.1, 0.15) is 17.4 Å². The van der Waals surface area contributed by atoms with E-state index < -0.39 is 5.92 Å². The lowest BCUT2D eigenvalue weighted by molar-refractivity contribution is -0.122. The Labute approximate surface area is 155 Å². The minimum Gasteiger partial charge on any atom is -0.469 e. The van der Waals surface area contributed by atoms with E-state index in [1.165, 1.54) is 12.1 Å². The molecule has 1 aromatic carbocycles. The van der Waals surface area contributed by atoms with Gasteiger partial charge in [-0.05, 0) is 42.0 Å². The number of hydrogen-bond donors (Lipinski definition) is 1. The van der Waals surface area contributed by atoms with E-state index in [1.807, 2.05) is 34.9 Å². The number of imidazole rings is 1. The van der Waals surface area contributed by atoms with Crippen molar-refractivity contribution in [2.75, 3.05) is 0 Å². The highest BCUT2D eigenvalue weighted by atomic mass is 19.1. The van der Waals surface area contributed by atoms with Crippen LogP contribution in [0.3, 0.4) is 0 Å². The highest BCUT2D eigenvalue weighted by Crippen LogP contribution is 2.22. The molecule has 0 bridgehead atoms. The maximum absolute atomic E-state index is 13.3. The van der Waals surface area contributed by atoms with Crippen LogP contribution >= 0.6 is 0 Å². The molecule has 136 valence electrons. The molecule has 0 fully saturated rings. The third kappa shape index (κ3) is 3.74. The molecule has 4 rings (SSSR count). The van der Waals surface area contributed by atoms with Gasteiger partial charge in [-0.15, -0.1) is 0 Å². The van der Waals surface area contributed by atoms with Crippen molar-refractivity contribution >= 4 is 11.4 Å². The fourth-order valence-electron chi connectivity index (χ4n) is 3.11. The zero-order chi connectivity index (χ0) is 18.6. The van der Waals surface area contributed by atoms with Crippen LogP contribution in [0.2, 0.25) is 0 Å². The lowest BCUT2D eigenvalue weighted by Gasteiger charge is -2.16. The molecule has 0 saturated carbocycles. The van der Waals surface area contributed by atoms with E-state index in [4.69, 9.17) is 4.42 Å². The number of pyridine rings is 1. The zero-order valence-electron chi connectivity index (χ0n) is 14.5. The molecule has 3 heterocycles. The van der Waals surface area contributed by atoms with Crippen LogP contribution in [0, 0.1) is 5.82 Å². The van der Waals surface area contributed by atoms with Crippen molar-refractivity contribution < 1.29 is 13.6 Å². The van der Waals surface area contributed by atoms with Crippen LogP contribution in [-0.2, 0) is 17.8 Å². The summed E-state index contributed by atoms with van der Waals surface area (Å²) < 4.78 is 20.6. The average Bonchev–Trinajstić information content (AvgIpc) is 3.35. The lowest BCUT2D eigenvalue weighted by atomic mass is 9.93. The summed E-state index contributed by atoms with van der Waals surface area (Å²) >= 11 is 0. The number of aromatic nitrogens is 2. The molecule has 1 amide bonds. The lowest BCUT2D eigenvalue weighted by Crippen LogP contribution is -2.30. The number of nitrogens with zero attached hydrogens (tertiary/aromatic N) is 2. The van der Waals surface area contributed by atoms with E-state index in [1.54, 1.807) is 30.7 Å². The Morgan fingerprint density at radius 1 is 1.15 bits per heavy atom. The summed E-state index contributed by atoms with van der Waals surface area (Å²) in [7, 11) is 0. The number of benzene rings is 1. The number of hydrogen-bond acceptors (Lipinski definition) is 3. The van der Waals surface area contributed by atoms with Crippen LogP contribution < -0.4 is 5.32 Å². The van der Waals surface area contributed by atoms with Crippen molar-refractivity contribution in [3.8, 4) is 0 Å². The minimum atomic E-state index is -0.483. The predicted molar refractivity (Wildman–Crippen MR) is 98.6 cm³/mol. The summed E-state index contributed by atoms with van der Waals surface area (Å²) in [6.07, 6.45) is 5.64. The third-order valence-electron chi connectivity index (χ3n) is 4.51. The first-order valence-corrected chi connectivity index (χ1v) is 8.67. The first kappa shape index (κ1) is 17.0. The van der Waals surface area contributed by atoms with Gasteiger partial charge in [-0.2, -0.15) is 0 Å². The quantitative estimate of drug-likeness (QED) is 0.568. The first-order chi connectivity index (χ1) is 13.2. The number of carbonyl (C=O) groups is 1. The summed E-state index contributed by atoms with van der Waals surface area (Å²) in [5, 5.41) is 2.95. The molecule has 0 aliphatic heterocycles. The van der Waals surface area contributed by atoms with Crippen LogP contribution in [0.1, 0.15) is 23.1 Å². The Morgan fingerprint density at radius 2 is 2.00 bits per heavy atom. The first-order valence-electron chi connectivity index (χ1n) is 8.67. The molecule has 3 aromatic heterocycles. The second kappa shape index (κ2) is 7.45. The maximum Gasteiger partial charge on any atom is 0.228 e. The van der Waals surface area contributed by atoms with Crippen LogP contribution in [-0.4, -0.2) is 15.3 Å². The number of carbonyl (C=O) groups excluding carboxylic acids is 1. The molecule has 6 heteroatoms.